The van der Waals surface area contributed by atoms with Gasteiger partial charge in [-0.05, 0) is 42.3 Å². The molecule has 0 radical (unpaired) electrons. The van der Waals surface area contributed by atoms with Crippen LogP contribution in [0.2, 0.25) is 5.02 Å². The van der Waals surface area contributed by atoms with Crippen molar-refractivity contribution >= 4 is 29.2 Å². The molecule has 0 fully saturated rings. The van der Waals surface area contributed by atoms with Crippen molar-refractivity contribution in [2.24, 2.45) is 0 Å². The van der Waals surface area contributed by atoms with E-state index in [1.54, 1.807) is 36.4 Å². The molecule has 108 valence electrons. The van der Waals surface area contributed by atoms with Gasteiger partial charge in [-0.1, -0.05) is 29.8 Å². The zero-order chi connectivity index (χ0) is 15.4. The Morgan fingerprint density at radius 2 is 1.90 bits per heavy atom. The van der Waals surface area contributed by atoms with Gasteiger partial charge in [-0.15, -0.1) is 0 Å². The Bertz CT molecular complexity index is 698. The molecule has 0 aromatic heterocycles. The molecule has 0 saturated heterocycles. The molecule has 0 aliphatic heterocycles. The van der Waals surface area contributed by atoms with Crippen LogP contribution >= 0.6 is 11.6 Å². The summed E-state index contributed by atoms with van der Waals surface area (Å²) in [5.74, 6) is -1.31. The van der Waals surface area contributed by atoms with Gasteiger partial charge in [0.15, 0.2) is 0 Å². The average molecular weight is 304 g/mol. The number of carboxylic acids is 1. The summed E-state index contributed by atoms with van der Waals surface area (Å²) in [5, 5.41) is 12.5. The lowest BCUT2D eigenvalue weighted by atomic mass is 10.0. The van der Waals surface area contributed by atoms with Gasteiger partial charge in [-0.25, -0.2) is 4.79 Å². The molecule has 21 heavy (non-hydrogen) atoms. The van der Waals surface area contributed by atoms with E-state index in [1.807, 2.05) is 6.92 Å². The summed E-state index contributed by atoms with van der Waals surface area (Å²) in [6, 6.07) is 11.6. The molecule has 2 aromatic carbocycles. The summed E-state index contributed by atoms with van der Waals surface area (Å²) in [6.45, 7) is 1.84. The zero-order valence-electron chi connectivity index (χ0n) is 11.4. The van der Waals surface area contributed by atoms with Crippen LogP contribution in [0, 0.1) is 6.92 Å². The predicted octanol–water partition coefficient (Wildman–Crippen LogP) is 3.53. The third kappa shape index (κ3) is 3.83. The Kier molecular flexibility index (Phi) is 4.60. The van der Waals surface area contributed by atoms with E-state index < -0.39 is 5.97 Å². The first-order valence-electron chi connectivity index (χ1n) is 6.34. The Hall–Kier alpha value is -2.33. The standard InChI is InChI=1S/C16H14ClNO3/c1-10-8-12(17)6-7-14(10)18-15(19)9-11-4-2-3-5-13(11)16(20)21/h2-8H,9H2,1H3,(H,18,19)(H,20,21). The molecule has 0 spiro atoms. The highest BCUT2D eigenvalue weighted by molar-refractivity contribution is 6.30. The maximum absolute atomic E-state index is 12.1. The Morgan fingerprint density at radius 3 is 2.57 bits per heavy atom. The fraction of sp³-hybridized carbons (Fsp3) is 0.125. The Morgan fingerprint density at radius 1 is 1.19 bits per heavy atom. The lowest BCUT2D eigenvalue weighted by Gasteiger charge is -2.10. The molecular weight excluding hydrogens is 290 g/mol. The largest absolute Gasteiger partial charge is 0.478 e. The van der Waals surface area contributed by atoms with E-state index in [2.05, 4.69) is 5.32 Å². The van der Waals surface area contributed by atoms with Crippen LogP contribution < -0.4 is 5.32 Å². The van der Waals surface area contributed by atoms with Crippen molar-refractivity contribution in [1.82, 2.24) is 0 Å². The Labute approximate surface area is 127 Å². The number of hydrogen-bond acceptors (Lipinski definition) is 2. The number of halogens is 1. The molecule has 2 N–H and O–H groups in total. The van der Waals surface area contributed by atoms with Crippen molar-refractivity contribution in [1.29, 1.82) is 0 Å². The van der Waals surface area contributed by atoms with Crippen LogP contribution in [0.4, 0.5) is 5.69 Å². The van der Waals surface area contributed by atoms with Crippen molar-refractivity contribution in [3.8, 4) is 0 Å². The second-order valence-corrected chi connectivity index (χ2v) is 5.08. The van der Waals surface area contributed by atoms with Crippen LogP contribution in [0.25, 0.3) is 0 Å². The van der Waals surface area contributed by atoms with Crippen LogP contribution in [-0.4, -0.2) is 17.0 Å². The summed E-state index contributed by atoms with van der Waals surface area (Å²) in [5.41, 5.74) is 2.13. The van der Waals surface area contributed by atoms with E-state index in [1.165, 1.54) is 6.07 Å². The number of benzene rings is 2. The fourth-order valence-corrected chi connectivity index (χ4v) is 2.24. The average Bonchev–Trinajstić information content (AvgIpc) is 2.42. The monoisotopic (exact) mass is 303 g/mol. The van der Waals surface area contributed by atoms with Crippen LogP contribution in [0.15, 0.2) is 42.5 Å². The first-order valence-corrected chi connectivity index (χ1v) is 6.72. The van der Waals surface area contributed by atoms with Gasteiger partial charge in [0.25, 0.3) is 0 Å². The highest BCUT2D eigenvalue weighted by atomic mass is 35.5. The van der Waals surface area contributed by atoms with E-state index in [-0.39, 0.29) is 17.9 Å². The molecule has 0 aliphatic rings. The van der Waals surface area contributed by atoms with Gasteiger partial charge in [-0.2, -0.15) is 0 Å². The van der Waals surface area contributed by atoms with Gasteiger partial charge in [0.1, 0.15) is 0 Å². The minimum Gasteiger partial charge on any atom is -0.478 e. The number of rotatable bonds is 4. The van der Waals surface area contributed by atoms with Gasteiger partial charge < -0.3 is 10.4 Å². The molecule has 0 aliphatic carbocycles. The summed E-state index contributed by atoms with van der Waals surface area (Å²) in [6.07, 6.45) is 0.00450. The third-order valence-electron chi connectivity index (χ3n) is 3.06. The summed E-state index contributed by atoms with van der Waals surface area (Å²) in [7, 11) is 0. The zero-order valence-corrected chi connectivity index (χ0v) is 12.1. The molecule has 2 aromatic rings. The topological polar surface area (TPSA) is 66.4 Å². The van der Waals surface area contributed by atoms with Gasteiger partial charge >= 0.3 is 5.97 Å². The SMILES string of the molecule is Cc1cc(Cl)ccc1NC(=O)Cc1ccccc1C(=O)O. The first kappa shape index (κ1) is 15.1. The highest BCUT2D eigenvalue weighted by Crippen LogP contribution is 2.20. The minimum absolute atomic E-state index is 0.00450. The molecule has 0 atom stereocenters. The third-order valence-corrected chi connectivity index (χ3v) is 3.30. The molecular formula is C16H14ClNO3. The molecule has 2 rings (SSSR count). The normalized spacial score (nSPS) is 10.2. The van der Waals surface area contributed by atoms with Crippen molar-refractivity contribution < 1.29 is 14.7 Å². The number of carboxylic acid groups (broad SMARTS) is 1. The second kappa shape index (κ2) is 6.41. The fourth-order valence-electron chi connectivity index (χ4n) is 2.02. The summed E-state index contributed by atoms with van der Waals surface area (Å²) < 4.78 is 0. The van der Waals surface area contributed by atoms with E-state index in [4.69, 9.17) is 16.7 Å². The molecule has 0 bridgehead atoms. The van der Waals surface area contributed by atoms with E-state index >= 15 is 0 Å². The molecule has 4 nitrogen and oxygen atoms in total. The highest BCUT2D eigenvalue weighted by Gasteiger charge is 2.13. The number of amides is 1. The molecule has 5 heteroatoms. The summed E-state index contributed by atoms with van der Waals surface area (Å²) in [4.78, 5) is 23.2. The number of aryl methyl sites for hydroxylation is 1. The van der Waals surface area contributed by atoms with Crippen molar-refractivity contribution in [2.75, 3.05) is 5.32 Å². The van der Waals surface area contributed by atoms with Gasteiger partial charge in [0, 0.05) is 10.7 Å². The van der Waals surface area contributed by atoms with Crippen molar-refractivity contribution in [3.63, 3.8) is 0 Å². The van der Waals surface area contributed by atoms with E-state index in [0.717, 1.165) is 5.56 Å². The first-order chi connectivity index (χ1) is 9.97. The number of hydrogen-bond donors (Lipinski definition) is 2. The van der Waals surface area contributed by atoms with Crippen LogP contribution in [0.5, 0.6) is 0 Å². The van der Waals surface area contributed by atoms with E-state index in [0.29, 0.717) is 16.3 Å². The second-order valence-electron chi connectivity index (χ2n) is 4.65. The molecule has 0 saturated carbocycles. The van der Waals surface area contributed by atoms with Gasteiger partial charge in [0.05, 0.1) is 12.0 Å². The number of carbonyl (C=O) groups excluding carboxylic acids is 1. The maximum Gasteiger partial charge on any atom is 0.335 e. The van der Waals surface area contributed by atoms with Gasteiger partial charge in [-0.3, -0.25) is 4.79 Å². The summed E-state index contributed by atoms with van der Waals surface area (Å²) >= 11 is 5.86. The molecule has 0 heterocycles. The smallest absolute Gasteiger partial charge is 0.335 e. The number of nitrogens with one attached hydrogen (secondary N) is 1. The maximum atomic E-state index is 12.1. The van der Waals surface area contributed by atoms with Crippen molar-refractivity contribution in [3.05, 3.63) is 64.2 Å². The van der Waals surface area contributed by atoms with Crippen LogP contribution in [-0.2, 0) is 11.2 Å². The molecule has 0 unspecified atom stereocenters. The van der Waals surface area contributed by atoms with Gasteiger partial charge in [0.2, 0.25) is 5.91 Å². The van der Waals surface area contributed by atoms with Crippen LogP contribution in [0.3, 0.4) is 0 Å². The quantitative estimate of drug-likeness (QED) is 0.908. The number of anilines is 1. The van der Waals surface area contributed by atoms with E-state index in [9.17, 15) is 9.59 Å². The number of aromatic carboxylic acids is 1. The minimum atomic E-state index is -1.04. The molecule has 1 amide bonds. The van der Waals surface area contributed by atoms with Crippen LogP contribution in [0.1, 0.15) is 21.5 Å². The predicted molar refractivity (Wildman–Crippen MR) is 81.9 cm³/mol. The number of carbonyl (C=O) groups is 2. The van der Waals surface area contributed by atoms with Crippen molar-refractivity contribution in [2.45, 2.75) is 13.3 Å². The Balaban J connectivity index is 2.14. The lowest BCUT2D eigenvalue weighted by molar-refractivity contribution is -0.115. The lowest BCUT2D eigenvalue weighted by Crippen LogP contribution is -2.17.